The molecule has 106 valence electrons. The minimum absolute atomic E-state index is 0.179. The lowest BCUT2D eigenvalue weighted by Gasteiger charge is -2.25. The van der Waals surface area contributed by atoms with Crippen molar-refractivity contribution >= 4 is 5.97 Å². The fourth-order valence-electron chi connectivity index (χ4n) is 2.70. The maximum atomic E-state index is 12.2. The first-order valence-electron chi connectivity index (χ1n) is 7.09. The van der Waals surface area contributed by atoms with E-state index in [-0.39, 0.29) is 12.0 Å². The van der Waals surface area contributed by atoms with Crippen LogP contribution in [-0.4, -0.2) is 21.1 Å². The second-order valence-corrected chi connectivity index (χ2v) is 6.34. The molecule has 4 heteroatoms. The molecule has 19 heavy (non-hydrogen) atoms. The van der Waals surface area contributed by atoms with Gasteiger partial charge < -0.3 is 9.30 Å². The Hall–Kier alpha value is -1.32. The molecule has 1 unspecified atom stereocenters. The molecule has 1 aromatic heterocycles. The van der Waals surface area contributed by atoms with E-state index in [4.69, 9.17) is 4.74 Å². The van der Waals surface area contributed by atoms with E-state index in [9.17, 15) is 4.79 Å². The molecule has 2 rings (SSSR count). The number of aromatic nitrogens is 2. The summed E-state index contributed by atoms with van der Waals surface area (Å²) in [6.45, 7) is 9.56. The summed E-state index contributed by atoms with van der Waals surface area (Å²) >= 11 is 0. The van der Waals surface area contributed by atoms with Crippen LogP contribution in [0.5, 0.6) is 0 Å². The molecule has 0 saturated heterocycles. The van der Waals surface area contributed by atoms with Crippen molar-refractivity contribution in [1.29, 1.82) is 0 Å². The topological polar surface area (TPSA) is 44.1 Å². The van der Waals surface area contributed by atoms with Gasteiger partial charge in [0.2, 0.25) is 0 Å². The second-order valence-electron chi connectivity index (χ2n) is 6.34. The number of imidazole rings is 1. The van der Waals surface area contributed by atoms with Crippen LogP contribution in [0.3, 0.4) is 0 Å². The molecule has 4 nitrogen and oxygen atoms in total. The Morgan fingerprint density at radius 1 is 1.32 bits per heavy atom. The zero-order valence-corrected chi connectivity index (χ0v) is 12.6. The highest BCUT2D eigenvalue weighted by Crippen LogP contribution is 2.26. The van der Waals surface area contributed by atoms with Gasteiger partial charge in [0.05, 0.1) is 5.69 Å². The number of esters is 1. The first-order valence-corrected chi connectivity index (χ1v) is 7.09. The zero-order chi connectivity index (χ0) is 14.2. The molecule has 0 radical (unpaired) electrons. The monoisotopic (exact) mass is 264 g/mol. The van der Waals surface area contributed by atoms with Crippen LogP contribution in [0.25, 0.3) is 0 Å². The van der Waals surface area contributed by atoms with Crippen LogP contribution in [0.4, 0.5) is 0 Å². The molecule has 1 aliphatic carbocycles. The maximum absolute atomic E-state index is 12.2. The molecular formula is C15H24N2O2. The summed E-state index contributed by atoms with van der Waals surface area (Å²) < 4.78 is 7.54. The summed E-state index contributed by atoms with van der Waals surface area (Å²) in [5.74, 6) is 0.742. The summed E-state index contributed by atoms with van der Waals surface area (Å²) in [5, 5.41) is 0. The molecular weight excluding hydrogens is 240 g/mol. The highest BCUT2D eigenvalue weighted by atomic mass is 16.6. The van der Waals surface area contributed by atoms with E-state index in [0.29, 0.717) is 0 Å². The van der Waals surface area contributed by atoms with Crippen molar-refractivity contribution in [3.05, 3.63) is 17.2 Å². The van der Waals surface area contributed by atoms with Crippen LogP contribution in [0.2, 0.25) is 0 Å². The lowest BCUT2D eigenvalue weighted by atomic mass is 10.0. The molecule has 1 heterocycles. The number of ether oxygens (including phenoxy) is 1. The molecule has 1 atom stereocenters. The summed E-state index contributed by atoms with van der Waals surface area (Å²) in [7, 11) is 0. The lowest BCUT2D eigenvalue weighted by molar-refractivity contribution is -0.158. The number of aryl methyl sites for hydroxylation is 2. The van der Waals surface area contributed by atoms with Crippen molar-refractivity contribution in [3.8, 4) is 0 Å². The standard InChI is InChI=1S/C15H24N2O2/c1-10(14(18)19-15(3,4)5)17-11(2)16-12-8-6-7-9-13(12)17/h10H,6-9H2,1-5H3. The molecule has 1 aromatic rings. The number of fused-ring (bicyclic) bond motifs is 1. The van der Waals surface area contributed by atoms with Gasteiger partial charge >= 0.3 is 5.97 Å². The summed E-state index contributed by atoms with van der Waals surface area (Å²) in [5.41, 5.74) is 1.95. The van der Waals surface area contributed by atoms with Crippen molar-refractivity contribution in [2.24, 2.45) is 0 Å². The third kappa shape index (κ3) is 2.99. The zero-order valence-electron chi connectivity index (χ0n) is 12.6. The first kappa shape index (κ1) is 14.1. The Morgan fingerprint density at radius 3 is 2.58 bits per heavy atom. The highest BCUT2D eigenvalue weighted by Gasteiger charge is 2.28. The summed E-state index contributed by atoms with van der Waals surface area (Å²) in [6, 6.07) is -0.298. The fraction of sp³-hybridized carbons (Fsp3) is 0.733. The van der Waals surface area contributed by atoms with Crippen LogP contribution >= 0.6 is 0 Å². The van der Waals surface area contributed by atoms with Crippen molar-refractivity contribution in [2.45, 2.75) is 71.9 Å². The van der Waals surface area contributed by atoms with Crippen molar-refractivity contribution in [3.63, 3.8) is 0 Å². The van der Waals surface area contributed by atoms with Gasteiger partial charge in [-0.3, -0.25) is 0 Å². The Labute approximate surface area is 115 Å². The second kappa shape index (κ2) is 4.99. The highest BCUT2D eigenvalue weighted by molar-refractivity contribution is 5.74. The van der Waals surface area contributed by atoms with Crippen molar-refractivity contribution in [2.75, 3.05) is 0 Å². The van der Waals surface area contributed by atoms with Crippen LogP contribution in [0.1, 0.15) is 63.8 Å². The fourth-order valence-corrected chi connectivity index (χ4v) is 2.70. The van der Waals surface area contributed by atoms with Crippen LogP contribution in [0.15, 0.2) is 0 Å². The predicted octanol–water partition coefficient (Wildman–Crippen LogP) is 2.97. The molecule has 1 aliphatic rings. The van der Waals surface area contributed by atoms with Gasteiger partial charge in [-0.15, -0.1) is 0 Å². The quantitative estimate of drug-likeness (QED) is 0.771. The largest absolute Gasteiger partial charge is 0.458 e. The molecule has 0 spiro atoms. The van der Waals surface area contributed by atoms with Gasteiger partial charge in [0, 0.05) is 5.69 Å². The SMILES string of the molecule is Cc1nc2c(n1C(C)C(=O)OC(C)(C)C)CCCC2. The Morgan fingerprint density at radius 2 is 1.95 bits per heavy atom. The molecule has 0 saturated carbocycles. The minimum Gasteiger partial charge on any atom is -0.458 e. The van der Waals surface area contributed by atoms with E-state index in [1.54, 1.807) is 0 Å². The Kier molecular flexibility index (Phi) is 3.70. The third-order valence-electron chi connectivity index (χ3n) is 3.48. The average Bonchev–Trinajstić information content (AvgIpc) is 2.61. The number of carbonyl (C=O) groups is 1. The normalized spacial score (nSPS) is 16.9. The van der Waals surface area contributed by atoms with E-state index in [1.165, 1.54) is 24.2 Å². The van der Waals surface area contributed by atoms with Crippen molar-refractivity contribution < 1.29 is 9.53 Å². The predicted molar refractivity (Wildman–Crippen MR) is 74.2 cm³/mol. The van der Waals surface area contributed by atoms with Gasteiger partial charge in [-0.2, -0.15) is 0 Å². The summed E-state index contributed by atoms with van der Waals surface area (Å²) in [4.78, 5) is 16.8. The van der Waals surface area contributed by atoms with E-state index in [1.807, 2.05) is 34.6 Å². The van der Waals surface area contributed by atoms with Gasteiger partial charge in [0.15, 0.2) is 0 Å². The van der Waals surface area contributed by atoms with Gasteiger partial charge in [0.1, 0.15) is 17.5 Å². The van der Waals surface area contributed by atoms with Gasteiger partial charge in [-0.1, -0.05) is 0 Å². The third-order valence-corrected chi connectivity index (χ3v) is 3.48. The van der Waals surface area contributed by atoms with Gasteiger partial charge in [0.25, 0.3) is 0 Å². The molecule has 0 bridgehead atoms. The molecule has 0 amide bonds. The van der Waals surface area contributed by atoms with Gasteiger partial charge in [-0.05, 0) is 60.3 Å². The smallest absolute Gasteiger partial charge is 0.329 e. The molecule has 0 aliphatic heterocycles. The van der Waals surface area contributed by atoms with Crippen molar-refractivity contribution in [1.82, 2.24) is 9.55 Å². The van der Waals surface area contributed by atoms with Gasteiger partial charge in [-0.25, -0.2) is 9.78 Å². The number of nitrogens with zero attached hydrogens (tertiary/aromatic N) is 2. The molecule has 0 fully saturated rings. The minimum atomic E-state index is -0.445. The number of rotatable bonds is 2. The summed E-state index contributed by atoms with van der Waals surface area (Å²) in [6.07, 6.45) is 4.43. The van der Waals surface area contributed by atoms with Crippen LogP contribution < -0.4 is 0 Å². The lowest BCUT2D eigenvalue weighted by Crippen LogP contribution is -2.30. The number of hydrogen-bond acceptors (Lipinski definition) is 3. The number of carbonyl (C=O) groups excluding carboxylic acids is 1. The van der Waals surface area contributed by atoms with Crippen LogP contribution in [-0.2, 0) is 22.4 Å². The van der Waals surface area contributed by atoms with E-state index < -0.39 is 5.60 Å². The van der Waals surface area contributed by atoms with E-state index in [0.717, 1.165) is 18.7 Å². The molecule has 0 aromatic carbocycles. The number of hydrogen-bond donors (Lipinski definition) is 0. The maximum Gasteiger partial charge on any atom is 0.329 e. The average molecular weight is 264 g/mol. The molecule has 0 N–H and O–H groups in total. The first-order chi connectivity index (χ1) is 8.79. The Bertz CT molecular complexity index is 483. The van der Waals surface area contributed by atoms with E-state index >= 15 is 0 Å². The van der Waals surface area contributed by atoms with Crippen LogP contribution in [0, 0.1) is 6.92 Å². The Balaban J connectivity index is 2.26. The van der Waals surface area contributed by atoms with E-state index in [2.05, 4.69) is 9.55 Å².